The van der Waals surface area contributed by atoms with Crippen molar-refractivity contribution >= 4 is 0 Å². The van der Waals surface area contributed by atoms with Crippen LogP contribution in [0.2, 0.25) is 0 Å². The Morgan fingerprint density at radius 2 is 2.14 bits per heavy atom. The Bertz CT molecular complexity index is 307. The van der Waals surface area contributed by atoms with Crippen LogP contribution in [-0.2, 0) is 0 Å². The summed E-state index contributed by atoms with van der Waals surface area (Å²) in [4.78, 5) is 0. The number of nitrogens with one attached hydrogen (secondary N) is 1. The fourth-order valence-electron chi connectivity index (χ4n) is 1.91. The van der Waals surface area contributed by atoms with Crippen LogP contribution in [0.25, 0.3) is 0 Å². The second-order valence-corrected chi connectivity index (χ2v) is 3.89. The van der Waals surface area contributed by atoms with Gasteiger partial charge in [0, 0.05) is 11.6 Å². The molecule has 14 heavy (non-hydrogen) atoms. The van der Waals surface area contributed by atoms with Crippen molar-refractivity contribution in [3.8, 4) is 0 Å². The largest absolute Gasteiger partial charge is 0.310 e. The minimum Gasteiger partial charge on any atom is -0.310 e. The van der Waals surface area contributed by atoms with Crippen LogP contribution in [0, 0.1) is 11.7 Å². The first-order valence-electron chi connectivity index (χ1n) is 5.30. The molecule has 1 nitrogen and oxygen atoms in total. The van der Waals surface area contributed by atoms with Crippen molar-refractivity contribution in [1.29, 1.82) is 0 Å². The van der Waals surface area contributed by atoms with Gasteiger partial charge in [0.25, 0.3) is 0 Å². The van der Waals surface area contributed by atoms with E-state index in [0.29, 0.717) is 5.92 Å². The molecule has 1 unspecified atom stereocenters. The number of hydrogen-bond acceptors (Lipinski definition) is 1. The van der Waals surface area contributed by atoms with E-state index in [4.69, 9.17) is 0 Å². The molecule has 0 spiro atoms. The van der Waals surface area contributed by atoms with Crippen molar-refractivity contribution in [1.82, 2.24) is 5.32 Å². The molecule has 1 N–H and O–H groups in total. The van der Waals surface area contributed by atoms with E-state index in [-0.39, 0.29) is 11.9 Å². The third-order valence-corrected chi connectivity index (χ3v) is 2.76. The van der Waals surface area contributed by atoms with Crippen molar-refractivity contribution in [3.63, 3.8) is 0 Å². The molecule has 1 aliphatic carbocycles. The second kappa shape index (κ2) is 4.09. The predicted octanol–water partition coefficient (Wildman–Crippen LogP) is 2.89. The van der Waals surface area contributed by atoms with Crippen molar-refractivity contribution in [2.24, 2.45) is 5.92 Å². The van der Waals surface area contributed by atoms with E-state index in [1.807, 2.05) is 12.1 Å². The summed E-state index contributed by atoms with van der Waals surface area (Å²) in [6, 6.07) is 7.31. The summed E-state index contributed by atoms with van der Waals surface area (Å²) >= 11 is 0. The van der Waals surface area contributed by atoms with E-state index in [0.717, 1.165) is 12.1 Å². The number of benzene rings is 1. The number of hydrogen-bond donors (Lipinski definition) is 1. The van der Waals surface area contributed by atoms with Crippen LogP contribution in [-0.4, -0.2) is 6.54 Å². The molecule has 1 fully saturated rings. The van der Waals surface area contributed by atoms with Crippen molar-refractivity contribution < 1.29 is 4.39 Å². The van der Waals surface area contributed by atoms with Gasteiger partial charge in [0.05, 0.1) is 0 Å². The molecule has 0 aliphatic heterocycles. The topological polar surface area (TPSA) is 12.0 Å². The van der Waals surface area contributed by atoms with Gasteiger partial charge in [-0.3, -0.25) is 0 Å². The smallest absolute Gasteiger partial charge is 0.127 e. The molecule has 0 saturated heterocycles. The fraction of sp³-hybridized carbons (Fsp3) is 0.500. The standard InChI is InChI=1S/C12H16FN/c1-2-14-12(9-7-8-9)10-5-3-4-6-11(10)13/h3-6,9,12,14H,2,7-8H2,1H3. The summed E-state index contributed by atoms with van der Waals surface area (Å²) in [5.41, 5.74) is 0.830. The van der Waals surface area contributed by atoms with Crippen LogP contribution >= 0.6 is 0 Å². The Hall–Kier alpha value is -0.890. The molecule has 0 heterocycles. The van der Waals surface area contributed by atoms with Gasteiger partial charge in [-0.1, -0.05) is 25.1 Å². The van der Waals surface area contributed by atoms with Gasteiger partial charge >= 0.3 is 0 Å². The quantitative estimate of drug-likeness (QED) is 0.775. The highest BCUT2D eigenvalue weighted by atomic mass is 19.1. The molecule has 0 amide bonds. The first-order valence-corrected chi connectivity index (χ1v) is 5.30. The SMILES string of the molecule is CCNC(c1ccccc1F)C1CC1. The third kappa shape index (κ3) is 1.95. The minimum absolute atomic E-state index is 0.0784. The van der Waals surface area contributed by atoms with E-state index in [9.17, 15) is 4.39 Å². The first kappa shape index (κ1) is 9.66. The average Bonchev–Trinajstić information content (AvgIpc) is 2.99. The molecule has 1 atom stereocenters. The summed E-state index contributed by atoms with van der Waals surface area (Å²) in [5, 5.41) is 3.36. The van der Waals surface area contributed by atoms with Crippen LogP contribution in [0.4, 0.5) is 4.39 Å². The summed E-state index contributed by atoms with van der Waals surface area (Å²) in [6.45, 7) is 2.96. The zero-order valence-electron chi connectivity index (χ0n) is 8.46. The molecule has 1 aromatic rings. The highest BCUT2D eigenvalue weighted by Crippen LogP contribution is 2.41. The Labute approximate surface area is 84.3 Å². The van der Waals surface area contributed by atoms with Crippen LogP contribution in [0.15, 0.2) is 24.3 Å². The molecular weight excluding hydrogens is 177 g/mol. The minimum atomic E-state index is -0.0784. The lowest BCUT2D eigenvalue weighted by atomic mass is 10.0. The third-order valence-electron chi connectivity index (χ3n) is 2.76. The van der Waals surface area contributed by atoms with Crippen molar-refractivity contribution in [2.75, 3.05) is 6.54 Å². The van der Waals surface area contributed by atoms with Gasteiger partial charge in [0.1, 0.15) is 5.82 Å². The molecule has 76 valence electrons. The molecule has 0 bridgehead atoms. The van der Waals surface area contributed by atoms with Crippen LogP contribution in [0.5, 0.6) is 0 Å². The Balaban J connectivity index is 2.21. The van der Waals surface area contributed by atoms with Gasteiger partial charge in [-0.25, -0.2) is 4.39 Å². The number of halogens is 1. The maximum atomic E-state index is 13.5. The molecule has 2 heteroatoms. The van der Waals surface area contributed by atoms with E-state index in [1.54, 1.807) is 12.1 Å². The zero-order valence-corrected chi connectivity index (χ0v) is 8.46. The molecule has 0 radical (unpaired) electrons. The van der Waals surface area contributed by atoms with E-state index >= 15 is 0 Å². The summed E-state index contributed by atoms with van der Waals surface area (Å²) < 4.78 is 13.5. The molecule has 1 saturated carbocycles. The Kier molecular flexibility index (Phi) is 2.82. The monoisotopic (exact) mass is 193 g/mol. The summed E-state index contributed by atoms with van der Waals surface area (Å²) in [6.07, 6.45) is 2.46. The normalized spacial score (nSPS) is 18.1. The lowest BCUT2D eigenvalue weighted by Gasteiger charge is -2.18. The first-order chi connectivity index (χ1) is 6.83. The van der Waals surface area contributed by atoms with Gasteiger partial charge in [0.2, 0.25) is 0 Å². The Morgan fingerprint density at radius 1 is 1.43 bits per heavy atom. The molecule has 0 aromatic heterocycles. The van der Waals surface area contributed by atoms with Crippen LogP contribution < -0.4 is 5.32 Å². The highest BCUT2D eigenvalue weighted by molar-refractivity contribution is 5.23. The van der Waals surface area contributed by atoms with Crippen molar-refractivity contribution in [3.05, 3.63) is 35.6 Å². The van der Waals surface area contributed by atoms with E-state index in [2.05, 4.69) is 12.2 Å². The predicted molar refractivity (Wildman–Crippen MR) is 55.5 cm³/mol. The van der Waals surface area contributed by atoms with Gasteiger partial charge in [0.15, 0.2) is 0 Å². The van der Waals surface area contributed by atoms with E-state index < -0.39 is 0 Å². The van der Waals surface area contributed by atoms with Gasteiger partial charge in [-0.15, -0.1) is 0 Å². The highest BCUT2D eigenvalue weighted by Gasteiger charge is 2.32. The molecule has 2 rings (SSSR count). The zero-order chi connectivity index (χ0) is 9.97. The lowest BCUT2D eigenvalue weighted by molar-refractivity contribution is 0.469. The summed E-state index contributed by atoms with van der Waals surface area (Å²) in [5.74, 6) is 0.567. The molecule has 1 aliphatic rings. The van der Waals surface area contributed by atoms with Crippen molar-refractivity contribution in [2.45, 2.75) is 25.8 Å². The lowest BCUT2D eigenvalue weighted by Crippen LogP contribution is -2.23. The fourth-order valence-corrected chi connectivity index (χ4v) is 1.91. The van der Waals surface area contributed by atoms with Crippen LogP contribution in [0.3, 0.4) is 0 Å². The van der Waals surface area contributed by atoms with Crippen LogP contribution in [0.1, 0.15) is 31.4 Å². The summed E-state index contributed by atoms with van der Waals surface area (Å²) in [7, 11) is 0. The van der Waals surface area contributed by atoms with E-state index in [1.165, 1.54) is 12.8 Å². The maximum absolute atomic E-state index is 13.5. The van der Waals surface area contributed by atoms with Gasteiger partial charge in [-0.05, 0) is 31.4 Å². The second-order valence-electron chi connectivity index (χ2n) is 3.89. The molecule has 1 aromatic carbocycles. The molecular formula is C12H16FN. The number of rotatable bonds is 4. The van der Waals surface area contributed by atoms with Gasteiger partial charge in [-0.2, -0.15) is 0 Å². The van der Waals surface area contributed by atoms with Gasteiger partial charge < -0.3 is 5.32 Å². The average molecular weight is 193 g/mol. The maximum Gasteiger partial charge on any atom is 0.127 e. The Morgan fingerprint density at radius 3 is 2.71 bits per heavy atom.